The average Bonchev–Trinajstić information content (AvgIpc) is 3.24. The Morgan fingerprint density at radius 3 is 2.65 bits per heavy atom. The van der Waals surface area contributed by atoms with Gasteiger partial charge in [0.15, 0.2) is 5.69 Å². The van der Waals surface area contributed by atoms with Crippen LogP contribution in [0, 0.1) is 0 Å². The minimum Gasteiger partial charge on any atom is -0.494 e. The summed E-state index contributed by atoms with van der Waals surface area (Å²) in [4.78, 5) is 21.3. The summed E-state index contributed by atoms with van der Waals surface area (Å²) in [6.45, 7) is 12.9. The molecule has 8 nitrogen and oxygen atoms in total. The topological polar surface area (TPSA) is 80.1 Å². The summed E-state index contributed by atoms with van der Waals surface area (Å²) >= 11 is 0. The maximum atomic E-state index is 12.4. The Morgan fingerprint density at radius 1 is 1.23 bits per heavy atom. The molecule has 3 rings (SSSR count). The number of carbonyl (C=O) groups excluding carboxylic acids is 1. The van der Waals surface area contributed by atoms with Crippen LogP contribution in [0.1, 0.15) is 42.7 Å². The predicted octanol–water partition coefficient (Wildman–Crippen LogP) is 2.55. The summed E-state index contributed by atoms with van der Waals surface area (Å²) in [5, 5.41) is 2.92. The van der Waals surface area contributed by atoms with Crippen molar-refractivity contribution in [3.63, 3.8) is 0 Å². The Hall–Kier alpha value is -2.42. The van der Waals surface area contributed by atoms with Crippen molar-refractivity contribution in [3.8, 4) is 5.75 Å². The van der Waals surface area contributed by atoms with Gasteiger partial charge in [0, 0.05) is 38.8 Å². The van der Waals surface area contributed by atoms with Crippen LogP contribution in [0.25, 0.3) is 0 Å². The molecule has 1 aromatic heterocycles. The number of amides is 1. The fraction of sp³-hybridized carbons (Fsp3) is 0.565. The molecule has 1 aliphatic heterocycles. The molecule has 1 aromatic carbocycles. The smallest absolute Gasteiger partial charge is 0.273 e. The van der Waals surface area contributed by atoms with E-state index in [4.69, 9.17) is 13.9 Å². The maximum Gasteiger partial charge on any atom is 0.273 e. The molecule has 0 aliphatic carbocycles. The summed E-state index contributed by atoms with van der Waals surface area (Å²) in [7, 11) is 0. The lowest BCUT2D eigenvalue weighted by Crippen LogP contribution is -2.41. The molecule has 1 amide bonds. The SMILES string of the molecule is CCOc1ccc(CN(Cc2nc(C(=O)NCCN3CCOCC3)co2)C(C)C)cc1. The van der Waals surface area contributed by atoms with Gasteiger partial charge >= 0.3 is 0 Å². The lowest BCUT2D eigenvalue weighted by atomic mass is 10.2. The van der Waals surface area contributed by atoms with Crippen LogP contribution in [0.5, 0.6) is 5.75 Å². The van der Waals surface area contributed by atoms with E-state index in [0.29, 0.717) is 37.3 Å². The van der Waals surface area contributed by atoms with Gasteiger partial charge in [0.2, 0.25) is 5.89 Å². The number of hydrogen-bond donors (Lipinski definition) is 1. The van der Waals surface area contributed by atoms with Crippen molar-refractivity contribution in [2.45, 2.75) is 39.9 Å². The van der Waals surface area contributed by atoms with E-state index in [2.05, 4.69) is 46.1 Å². The molecule has 0 saturated carbocycles. The molecule has 8 heteroatoms. The monoisotopic (exact) mass is 430 g/mol. The van der Waals surface area contributed by atoms with Gasteiger partial charge in [-0.05, 0) is 38.5 Å². The fourth-order valence-electron chi connectivity index (χ4n) is 3.42. The van der Waals surface area contributed by atoms with Crippen LogP contribution < -0.4 is 10.1 Å². The Bertz CT molecular complexity index is 800. The molecule has 1 saturated heterocycles. The van der Waals surface area contributed by atoms with Gasteiger partial charge in [-0.15, -0.1) is 0 Å². The van der Waals surface area contributed by atoms with Gasteiger partial charge in [-0.2, -0.15) is 0 Å². The first-order valence-electron chi connectivity index (χ1n) is 11.0. The first-order chi connectivity index (χ1) is 15.0. The van der Waals surface area contributed by atoms with E-state index < -0.39 is 0 Å². The molecule has 1 aliphatic rings. The highest BCUT2D eigenvalue weighted by atomic mass is 16.5. The molecule has 2 heterocycles. The van der Waals surface area contributed by atoms with Crippen LogP contribution in [0.2, 0.25) is 0 Å². The van der Waals surface area contributed by atoms with Gasteiger partial charge < -0.3 is 19.2 Å². The summed E-state index contributed by atoms with van der Waals surface area (Å²) in [5.74, 6) is 1.21. The number of carbonyl (C=O) groups is 1. The number of nitrogens with zero attached hydrogens (tertiary/aromatic N) is 3. The van der Waals surface area contributed by atoms with E-state index in [0.717, 1.165) is 45.1 Å². The first kappa shape index (κ1) is 23.2. The number of aromatic nitrogens is 1. The van der Waals surface area contributed by atoms with Crippen molar-refractivity contribution in [1.82, 2.24) is 20.1 Å². The summed E-state index contributed by atoms with van der Waals surface area (Å²) in [5.41, 5.74) is 1.51. The summed E-state index contributed by atoms with van der Waals surface area (Å²) in [6.07, 6.45) is 1.44. The Labute approximate surface area is 184 Å². The molecule has 31 heavy (non-hydrogen) atoms. The van der Waals surface area contributed by atoms with Gasteiger partial charge in [0.1, 0.15) is 12.0 Å². The number of benzene rings is 1. The van der Waals surface area contributed by atoms with E-state index in [9.17, 15) is 4.79 Å². The third-order valence-electron chi connectivity index (χ3n) is 5.29. The van der Waals surface area contributed by atoms with Gasteiger partial charge in [-0.1, -0.05) is 12.1 Å². The molecule has 0 radical (unpaired) electrons. The second-order valence-electron chi connectivity index (χ2n) is 7.91. The van der Waals surface area contributed by atoms with Gasteiger partial charge in [0.05, 0.1) is 26.4 Å². The predicted molar refractivity (Wildman–Crippen MR) is 118 cm³/mol. The summed E-state index contributed by atoms with van der Waals surface area (Å²) < 4.78 is 16.4. The highest BCUT2D eigenvalue weighted by Gasteiger charge is 2.17. The van der Waals surface area contributed by atoms with Crippen molar-refractivity contribution in [3.05, 3.63) is 47.7 Å². The van der Waals surface area contributed by atoms with Crippen LogP contribution in [-0.2, 0) is 17.8 Å². The number of ether oxygens (including phenoxy) is 2. The standard InChI is InChI=1S/C23H34N4O4/c1-4-30-20-7-5-19(6-8-20)15-27(18(2)3)16-22-25-21(17-31-22)23(28)24-9-10-26-11-13-29-14-12-26/h5-8,17-18H,4,9-16H2,1-3H3,(H,24,28). The second-order valence-corrected chi connectivity index (χ2v) is 7.91. The zero-order valence-electron chi connectivity index (χ0n) is 18.8. The van der Waals surface area contributed by atoms with Crippen LogP contribution >= 0.6 is 0 Å². The van der Waals surface area contributed by atoms with E-state index in [-0.39, 0.29) is 5.91 Å². The van der Waals surface area contributed by atoms with Crippen molar-refractivity contribution >= 4 is 5.91 Å². The van der Waals surface area contributed by atoms with Crippen molar-refractivity contribution in [1.29, 1.82) is 0 Å². The third kappa shape index (κ3) is 7.34. The average molecular weight is 431 g/mol. The van der Waals surface area contributed by atoms with Crippen LogP contribution in [0.15, 0.2) is 34.9 Å². The molecular weight excluding hydrogens is 396 g/mol. The molecule has 170 valence electrons. The van der Waals surface area contributed by atoms with Crippen LogP contribution in [0.3, 0.4) is 0 Å². The van der Waals surface area contributed by atoms with Gasteiger partial charge in [0.25, 0.3) is 5.91 Å². The minimum atomic E-state index is -0.203. The summed E-state index contributed by atoms with van der Waals surface area (Å²) in [6, 6.07) is 8.42. The largest absolute Gasteiger partial charge is 0.494 e. The maximum absolute atomic E-state index is 12.4. The zero-order valence-corrected chi connectivity index (χ0v) is 18.8. The Morgan fingerprint density at radius 2 is 1.97 bits per heavy atom. The number of oxazole rings is 1. The van der Waals surface area contributed by atoms with Gasteiger partial charge in [-0.25, -0.2) is 4.98 Å². The molecule has 1 N–H and O–H groups in total. The quantitative estimate of drug-likeness (QED) is 0.587. The van der Waals surface area contributed by atoms with Crippen molar-refractivity contribution in [2.75, 3.05) is 46.0 Å². The molecule has 0 atom stereocenters. The van der Waals surface area contributed by atoms with E-state index in [1.165, 1.54) is 11.8 Å². The Kier molecular flexibility index (Phi) is 8.87. The highest BCUT2D eigenvalue weighted by molar-refractivity contribution is 5.91. The number of morpholine rings is 1. The van der Waals surface area contributed by atoms with E-state index in [1.54, 1.807) is 0 Å². The third-order valence-corrected chi connectivity index (χ3v) is 5.29. The fourth-order valence-corrected chi connectivity index (χ4v) is 3.42. The zero-order chi connectivity index (χ0) is 22.1. The van der Waals surface area contributed by atoms with Crippen LogP contribution in [0.4, 0.5) is 0 Å². The highest BCUT2D eigenvalue weighted by Crippen LogP contribution is 2.17. The molecule has 0 unspecified atom stereocenters. The number of rotatable bonds is 11. The van der Waals surface area contributed by atoms with Crippen molar-refractivity contribution in [2.24, 2.45) is 0 Å². The normalized spacial score (nSPS) is 14.9. The molecule has 1 fully saturated rings. The number of hydrogen-bond acceptors (Lipinski definition) is 7. The first-order valence-corrected chi connectivity index (χ1v) is 11.0. The van der Waals surface area contributed by atoms with E-state index >= 15 is 0 Å². The van der Waals surface area contributed by atoms with E-state index in [1.807, 2.05) is 19.1 Å². The minimum absolute atomic E-state index is 0.203. The Balaban J connectivity index is 1.50. The lowest BCUT2D eigenvalue weighted by Gasteiger charge is -2.26. The van der Waals surface area contributed by atoms with Gasteiger partial charge in [-0.3, -0.25) is 14.6 Å². The molecular formula is C23H34N4O4. The molecule has 2 aromatic rings. The lowest BCUT2D eigenvalue weighted by molar-refractivity contribution is 0.0383. The molecule has 0 spiro atoms. The second kappa shape index (κ2) is 11.8. The molecule has 0 bridgehead atoms. The number of nitrogens with one attached hydrogen (secondary N) is 1. The van der Waals surface area contributed by atoms with Crippen molar-refractivity contribution < 1.29 is 18.7 Å². The van der Waals surface area contributed by atoms with Crippen LogP contribution in [-0.4, -0.2) is 72.7 Å².